The van der Waals surface area contributed by atoms with E-state index in [0.717, 1.165) is 69.1 Å². The molecule has 1 aromatic rings. The summed E-state index contributed by atoms with van der Waals surface area (Å²) >= 11 is 0. The maximum absolute atomic E-state index is 11.5. The molecule has 3 aliphatic rings. The molecule has 0 saturated heterocycles. The van der Waals surface area contributed by atoms with Crippen molar-refractivity contribution < 1.29 is 93.4 Å². The Hall–Kier alpha value is 0.120. The molecule has 3 aliphatic carbocycles. The standard InChI is InChI=1S/C31H46O8S2.2Na/c1-21-9-7-15-29(3,4)25(21)14-18-30(5)16-8-17-31(6)26(22(2)10-13-28(30)31)20-23-19-24(38-40(32,33)34)11-12-27(23)39-41(35,36)37;;/h11-12,19,25-26,28H,1-2,7-10,13-18,20H2,3-6H3,(H,32,33,34)(H,35,36,37);;/q;2*+1/p-2/t25?,26?,28-,30+,31+;;/m0../s1. The first-order valence-corrected chi connectivity index (χ1v) is 17.3. The van der Waals surface area contributed by atoms with E-state index in [1.54, 1.807) is 0 Å². The van der Waals surface area contributed by atoms with E-state index in [2.05, 4.69) is 45.0 Å². The average Bonchev–Trinajstić information content (AvgIpc) is 2.80. The van der Waals surface area contributed by atoms with Gasteiger partial charge in [0.15, 0.2) is 0 Å². The molecule has 0 aliphatic heterocycles. The zero-order valence-corrected chi connectivity index (χ0v) is 32.4. The maximum atomic E-state index is 11.5. The van der Waals surface area contributed by atoms with Gasteiger partial charge in [-0.1, -0.05) is 58.4 Å². The molecule has 43 heavy (non-hydrogen) atoms. The number of benzene rings is 1. The molecule has 0 aromatic heterocycles. The van der Waals surface area contributed by atoms with Gasteiger partial charge in [-0.15, -0.1) is 0 Å². The number of hydrogen-bond acceptors (Lipinski definition) is 8. The fourth-order valence-corrected chi connectivity index (χ4v) is 9.52. The molecule has 1 aromatic carbocycles. The van der Waals surface area contributed by atoms with Gasteiger partial charge >= 0.3 is 59.1 Å². The van der Waals surface area contributed by atoms with E-state index in [9.17, 15) is 25.9 Å². The van der Waals surface area contributed by atoms with Gasteiger partial charge < -0.3 is 17.5 Å². The van der Waals surface area contributed by atoms with Gasteiger partial charge in [0, 0.05) is 5.56 Å². The van der Waals surface area contributed by atoms with E-state index in [-0.39, 0.29) is 105 Å². The molecular formula is C31H44Na2O8S2. The van der Waals surface area contributed by atoms with E-state index >= 15 is 0 Å². The van der Waals surface area contributed by atoms with Gasteiger partial charge in [-0.2, -0.15) is 0 Å². The Labute approximate surface area is 303 Å². The third-order valence-corrected chi connectivity index (χ3v) is 11.5. The van der Waals surface area contributed by atoms with Crippen LogP contribution < -0.4 is 67.5 Å². The largest absolute Gasteiger partial charge is 1.00 e. The molecule has 0 N–H and O–H groups in total. The topological polar surface area (TPSA) is 133 Å². The van der Waals surface area contributed by atoms with Gasteiger partial charge in [0.2, 0.25) is 0 Å². The first-order chi connectivity index (χ1) is 18.8. The summed E-state index contributed by atoms with van der Waals surface area (Å²) in [6.07, 6.45) is 11.0. The van der Waals surface area contributed by atoms with E-state index in [0.29, 0.717) is 11.8 Å². The van der Waals surface area contributed by atoms with E-state index in [1.165, 1.54) is 24.5 Å². The minimum Gasteiger partial charge on any atom is -0.716 e. The van der Waals surface area contributed by atoms with Gasteiger partial charge in [-0.05, 0) is 116 Å². The molecule has 0 spiro atoms. The van der Waals surface area contributed by atoms with Gasteiger partial charge in [-0.3, -0.25) is 0 Å². The Morgan fingerprint density at radius 2 is 1.49 bits per heavy atom. The molecule has 4 rings (SSSR count). The molecule has 230 valence electrons. The third kappa shape index (κ3) is 9.36. The Kier molecular flexibility index (Phi) is 13.2. The summed E-state index contributed by atoms with van der Waals surface area (Å²) in [6, 6.07) is 3.52. The second kappa shape index (κ2) is 14.5. The summed E-state index contributed by atoms with van der Waals surface area (Å²) in [4.78, 5) is 0. The van der Waals surface area contributed by atoms with Crippen molar-refractivity contribution >= 4 is 20.8 Å². The van der Waals surface area contributed by atoms with Crippen LogP contribution in [0.5, 0.6) is 11.5 Å². The predicted molar refractivity (Wildman–Crippen MR) is 156 cm³/mol. The summed E-state index contributed by atoms with van der Waals surface area (Å²) in [6.45, 7) is 18.3. The molecular weight excluding hydrogens is 610 g/mol. The first-order valence-electron chi connectivity index (χ1n) is 14.6. The van der Waals surface area contributed by atoms with Gasteiger partial charge in [0.05, 0.1) is 0 Å². The van der Waals surface area contributed by atoms with Crippen LogP contribution in [0.15, 0.2) is 42.5 Å². The van der Waals surface area contributed by atoms with Crippen molar-refractivity contribution in [2.24, 2.45) is 34.0 Å². The number of fused-ring (bicyclic) bond motifs is 1. The Balaban J connectivity index is 0.00000323. The fraction of sp³-hybridized carbons (Fsp3) is 0.677. The monoisotopic (exact) mass is 654 g/mol. The van der Waals surface area contributed by atoms with Gasteiger partial charge in [-0.25, -0.2) is 16.8 Å². The van der Waals surface area contributed by atoms with Crippen LogP contribution in [0.1, 0.15) is 97.5 Å². The van der Waals surface area contributed by atoms with Crippen LogP contribution in [0.2, 0.25) is 0 Å². The van der Waals surface area contributed by atoms with Crippen LogP contribution in [0.25, 0.3) is 0 Å². The summed E-state index contributed by atoms with van der Waals surface area (Å²) in [5, 5.41) is 0. The smallest absolute Gasteiger partial charge is 0.716 e. The average molecular weight is 655 g/mol. The molecule has 8 nitrogen and oxygen atoms in total. The normalized spacial score (nSPS) is 30.8. The third-order valence-electron chi connectivity index (χ3n) is 10.7. The second-order valence-electron chi connectivity index (χ2n) is 13.9. The molecule has 0 radical (unpaired) electrons. The summed E-state index contributed by atoms with van der Waals surface area (Å²) < 4.78 is 77.5. The predicted octanol–water partition coefficient (Wildman–Crippen LogP) is 0.857. The van der Waals surface area contributed by atoms with Crippen LogP contribution >= 0.6 is 0 Å². The van der Waals surface area contributed by atoms with Crippen molar-refractivity contribution in [3.8, 4) is 11.5 Å². The van der Waals surface area contributed by atoms with Gasteiger partial charge in [0.1, 0.15) is 11.5 Å². The molecule has 0 bridgehead atoms. The number of rotatable bonds is 9. The Bertz CT molecular complexity index is 1410. The van der Waals surface area contributed by atoms with Crippen LogP contribution in [-0.4, -0.2) is 25.9 Å². The quantitative estimate of drug-likeness (QED) is 0.166. The van der Waals surface area contributed by atoms with Crippen molar-refractivity contribution in [1.82, 2.24) is 0 Å². The number of allylic oxidation sites excluding steroid dienone is 2. The van der Waals surface area contributed by atoms with Crippen molar-refractivity contribution in [1.29, 1.82) is 0 Å². The summed E-state index contributed by atoms with van der Waals surface area (Å²) in [5.74, 6) is 0.360. The maximum Gasteiger partial charge on any atom is 1.00 e. The molecule has 12 heteroatoms. The van der Waals surface area contributed by atoms with Crippen LogP contribution in [0.4, 0.5) is 0 Å². The Morgan fingerprint density at radius 1 is 0.860 bits per heavy atom. The molecule has 3 fully saturated rings. The first kappa shape index (κ1) is 39.3. The van der Waals surface area contributed by atoms with Gasteiger partial charge in [0.25, 0.3) is 20.8 Å². The van der Waals surface area contributed by atoms with Crippen molar-refractivity contribution in [2.75, 3.05) is 0 Å². The molecule has 0 heterocycles. The fourth-order valence-electron chi connectivity index (χ4n) is 8.80. The summed E-state index contributed by atoms with van der Waals surface area (Å²) in [5.41, 5.74) is 2.90. The zero-order valence-electron chi connectivity index (χ0n) is 26.7. The Morgan fingerprint density at radius 3 is 2.09 bits per heavy atom. The number of hydrogen-bond donors (Lipinski definition) is 0. The van der Waals surface area contributed by atoms with Crippen molar-refractivity contribution in [3.63, 3.8) is 0 Å². The summed E-state index contributed by atoms with van der Waals surface area (Å²) in [7, 11) is -10.1. The van der Waals surface area contributed by atoms with Crippen LogP contribution in [0.3, 0.4) is 0 Å². The SMILES string of the molecule is C=C1CCCC(C)(C)C1CC[C@@]1(C)CCC[C@]2(C)C(Cc3cc(OS(=O)(=O)[O-])ccc3OS(=O)(=O)[O-])C(=C)CC[C@@H]12.[Na+].[Na+]. The van der Waals surface area contributed by atoms with E-state index in [4.69, 9.17) is 4.18 Å². The van der Waals surface area contributed by atoms with E-state index < -0.39 is 20.8 Å². The van der Waals surface area contributed by atoms with Crippen LogP contribution in [-0.2, 0) is 27.2 Å². The minimum atomic E-state index is -5.09. The zero-order chi connectivity index (χ0) is 30.4. The van der Waals surface area contributed by atoms with E-state index in [1.807, 2.05) is 0 Å². The second-order valence-corrected chi connectivity index (χ2v) is 15.8. The molecule has 5 atom stereocenters. The minimum absolute atomic E-state index is 0. The molecule has 0 amide bonds. The van der Waals surface area contributed by atoms with Crippen molar-refractivity contribution in [3.05, 3.63) is 48.1 Å². The molecule has 3 saturated carbocycles. The van der Waals surface area contributed by atoms with Crippen molar-refractivity contribution in [2.45, 2.75) is 98.3 Å². The van der Waals surface area contributed by atoms with Crippen LogP contribution in [0, 0.1) is 34.0 Å². The molecule has 2 unspecified atom stereocenters.